The van der Waals surface area contributed by atoms with E-state index in [2.05, 4.69) is 20.3 Å². The van der Waals surface area contributed by atoms with Crippen molar-refractivity contribution in [1.29, 1.82) is 0 Å². The SMILES string of the molecule is CCc1nonc1NC(=O)c1ccccc1. The van der Waals surface area contributed by atoms with Crippen molar-refractivity contribution in [2.75, 3.05) is 5.32 Å². The largest absolute Gasteiger partial charge is 0.302 e. The average molecular weight is 217 g/mol. The van der Waals surface area contributed by atoms with Gasteiger partial charge in [-0.1, -0.05) is 30.3 Å². The fraction of sp³-hybridized carbons (Fsp3) is 0.182. The van der Waals surface area contributed by atoms with Gasteiger partial charge in [-0.05, 0) is 23.7 Å². The van der Waals surface area contributed by atoms with Gasteiger partial charge < -0.3 is 5.32 Å². The summed E-state index contributed by atoms with van der Waals surface area (Å²) < 4.78 is 4.56. The van der Waals surface area contributed by atoms with E-state index in [1.807, 2.05) is 13.0 Å². The van der Waals surface area contributed by atoms with Gasteiger partial charge in [0.2, 0.25) is 5.82 Å². The molecule has 16 heavy (non-hydrogen) atoms. The number of hydrogen-bond donors (Lipinski definition) is 1. The predicted molar refractivity (Wildman–Crippen MR) is 58.1 cm³/mol. The predicted octanol–water partition coefficient (Wildman–Crippen LogP) is 1.88. The fourth-order valence-corrected chi connectivity index (χ4v) is 1.30. The van der Waals surface area contributed by atoms with Crippen LogP contribution in [0.3, 0.4) is 0 Å². The number of aromatic nitrogens is 2. The second-order valence-corrected chi connectivity index (χ2v) is 3.23. The summed E-state index contributed by atoms with van der Waals surface area (Å²) in [6.07, 6.45) is 0.661. The topological polar surface area (TPSA) is 68.0 Å². The van der Waals surface area contributed by atoms with Gasteiger partial charge in [0, 0.05) is 5.56 Å². The number of anilines is 1. The standard InChI is InChI=1S/C11H11N3O2/c1-2-9-10(14-16-13-9)12-11(15)8-6-4-3-5-7-8/h3-7H,2H2,1H3,(H,12,14,15). The van der Waals surface area contributed by atoms with Crippen LogP contribution < -0.4 is 5.32 Å². The highest BCUT2D eigenvalue weighted by molar-refractivity contribution is 6.03. The first kappa shape index (κ1) is 10.4. The van der Waals surface area contributed by atoms with Crippen LogP contribution in [0.2, 0.25) is 0 Å². The first-order valence-electron chi connectivity index (χ1n) is 4.99. The first-order valence-corrected chi connectivity index (χ1v) is 4.99. The zero-order chi connectivity index (χ0) is 11.4. The third-order valence-electron chi connectivity index (χ3n) is 2.16. The van der Waals surface area contributed by atoms with E-state index >= 15 is 0 Å². The number of carbonyl (C=O) groups excluding carboxylic acids is 1. The average Bonchev–Trinajstić information content (AvgIpc) is 2.77. The van der Waals surface area contributed by atoms with Crippen molar-refractivity contribution in [3.63, 3.8) is 0 Å². The Kier molecular flexibility index (Phi) is 2.95. The van der Waals surface area contributed by atoms with Crippen LogP contribution in [0.4, 0.5) is 5.82 Å². The van der Waals surface area contributed by atoms with Crippen LogP contribution in [-0.2, 0) is 6.42 Å². The van der Waals surface area contributed by atoms with E-state index in [0.29, 0.717) is 23.5 Å². The minimum Gasteiger partial charge on any atom is -0.302 e. The van der Waals surface area contributed by atoms with Crippen molar-refractivity contribution in [1.82, 2.24) is 10.3 Å². The van der Waals surface area contributed by atoms with Crippen molar-refractivity contribution in [2.24, 2.45) is 0 Å². The summed E-state index contributed by atoms with van der Waals surface area (Å²) in [5.74, 6) is 0.169. The Hall–Kier alpha value is -2.17. The van der Waals surface area contributed by atoms with Crippen molar-refractivity contribution in [3.8, 4) is 0 Å². The third kappa shape index (κ3) is 2.08. The number of hydrogen-bond acceptors (Lipinski definition) is 4. The Morgan fingerprint density at radius 2 is 2.06 bits per heavy atom. The second kappa shape index (κ2) is 4.57. The molecule has 0 unspecified atom stereocenters. The molecule has 82 valence electrons. The Balaban J connectivity index is 2.14. The fourth-order valence-electron chi connectivity index (χ4n) is 1.30. The van der Waals surface area contributed by atoms with Crippen LogP contribution in [0.1, 0.15) is 23.0 Å². The molecule has 0 aliphatic heterocycles. The Morgan fingerprint density at radius 1 is 1.31 bits per heavy atom. The smallest absolute Gasteiger partial charge is 0.256 e. The van der Waals surface area contributed by atoms with E-state index in [9.17, 15) is 4.79 Å². The van der Waals surface area contributed by atoms with Crippen LogP contribution in [0, 0.1) is 0 Å². The molecular weight excluding hydrogens is 206 g/mol. The number of carbonyl (C=O) groups is 1. The van der Waals surface area contributed by atoms with E-state index < -0.39 is 0 Å². The number of rotatable bonds is 3. The molecule has 0 bridgehead atoms. The highest BCUT2D eigenvalue weighted by Gasteiger charge is 2.12. The lowest BCUT2D eigenvalue weighted by atomic mass is 10.2. The lowest BCUT2D eigenvalue weighted by Gasteiger charge is -2.01. The van der Waals surface area contributed by atoms with Crippen LogP contribution >= 0.6 is 0 Å². The maximum atomic E-state index is 11.8. The molecule has 2 aromatic rings. The molecule has 1 aromatic heterocycles. The summed E-state index contributed by atoms with van der Waals surface area (Å²) in [7, 11) is 0. The lowest BCUT2D eigenvalue weighted by Crippen LogP contribution is -2.13. The molecule has 0 saturated carbocycles. The van der Waals surface area contributed by atoms with E-state index in [1.54, 1.807) is 24.3 Å². The third-order valence-corrected chi connectivity index (χ3v) is 2.16. The van der Waals surface area contributed by atoms with E-state index in [-0.39, 0.29) is 5.91 Å². The van der Waals surface area contributed by atoms with Gasteiger partial charge in [0.1, 0.15) is 5.69 Å². The molecule has 0 atom stereocenters. The molecule has 0 radical (unpaired) electrons. The summed E-state index contributed by atoms with van der Waals surface area (Å²) >= 11 is 0. The van der Waals surface area contributed by atoms with Gasteiger partial charge in [-0.15, -0.1) is 0 Å². The van der Waals surface area contributed by atoms with Gasteiger partial charge in [-0.2, -0.15) is 0 Å². The number of nitrogens with one attached hydrogen (secondary N) is 1. The van der Waals surface area contributed by atoms with Crippen LogP contribution in [-0.4, -0.2) is 16.2 Å². The van der Waals surface area contributed by atoms with Gasteiger partial charge in [-0.25, -0.2) is 4.63 Å². The van der Waals surface area contributed by atoms with Gasteiger partial charge >= 0.3 is 0 Å². The minimum atomic E-state index is -0.217. The van der Waals surface area contributed by atoms with Crippen LogP contribution in [0.15, 0.2) is 35.0 Å². The molecule has 1 heterocycles. The summed E-state index contributed by atoms with van der Waals surface area (Å²) in [6.45, 7) is 1.91. The molecule has 0 fully saturated rings. The van der Waals surface area contributed by atoms with E-state index in [1.165, 1.54) is 0 Å². The molecule has 1 amide bonds. The second-order valence-electron chi connectivity index (χ2n) is 3.23. The number of amides is 1. The summed E-state index contributed by atoms with van der Waals surface area (Å²) in [6, 6.07) is 8.92. The Labute approximate surface area is 92.4 Å². The van der Waals surface area contributed by atoms with E-state index in [4.69, 9.17) is 0 Å². The van der Waals surface area contributed by atoms with Gasteiger partial charge in [0.15, 0.2) is 0 Å². The molecule has 0 aliphatic carbocycles. The van der Waals surface area contributed by atoms with Gasteiger partial charge in [0.25, 0.3) is 5.91 Å². The van der Waals surface area contributed by atoms with Crippen LogP contribution in [0.25, 0.3) is 0 Å². The number of nitrogens with zero attached hydrogens (tertiary/aromatic N) is 2. The van der Waals surface area contributed by atoms with Crippen molar-refractivity contribution in [2.45, 2.75) is 13.3 Å². The van der Waals surface area contributed by atoms with Crippen molar-refractivity contribution < 1.29 is 9.42 Å². The maximum absolute atomic E-state index is 11.8. The quantitative estimate of drug-likeness (QED) is 0.852. The van der Waals surface area contributed by atoms with Gasteiger partial charge in [0.05, 0.1) is 0 Å². The molecule has 0 aliphatic rings. The molecular formula is C11H11N3O2. The molecule has 0 spiro atoms. The molecule has 1 N–H and O–H groups in total. The van der Waals surface area contributed by atoms with Crippen molar-refractivity contribution >= 4 is 11.7 Å². The van der Waals surface area contributed by atoms with Crippen LogP contribution in [0.5, 0.6) is 0 Å². The Bertz CT molecular complexity index is 479. The summed E-state index contributed by atoms with van der Waals surface area (Å²) in [5, 5.41) is 9.97. The highest BCUT2D eigenvalue weighted by Crippen LogP contribution is 2.11. The normalized spacial score (nSPS) is 10.1. The molecule has 5 heteroatoms. The Morgan fingerprint density at radius 3 is 2.75 bits per heavy atom. The summed E-state index contributed by atoms with van der Waals surface area (Å²) in [5.41, 5.74) is 1.22. The van der Waals surface area contributed by atoms with Crippen molar-refractivity contribution in [3.05, 3.63) is 41.6 Å². The molecule has 2 rings (SSSR count). The van der Waals surface area contributed by atoms with E-state index in [0.717, 1.165) is 0 Å². The highest BCUT2D eigenvalue weighted by atomic mass is 16.6. The van der Waals surface area contributed by atoms with Gasteiger partial charge in [-0.3, -0.25) is 4.79 Å². The zero-order valence-electron chi connectivity index (χ0n) is 8.80. The molecule has 5 nitrogen and oxygen atoms in total. The maximum Gasteiger partial charge on any atom is 0.256 e. The minimum absolute atomic E-state index is 0.217. The first-order chi connectivity index (χ1) is 7.81. The molecule has 1 aromatic carbocycles. The number of aryl methyl sites for hydroxylation is 1. The molecule has 0 saturated heterocycles. The number of benzene rings is 1. The zero-order valence-corrected chi connectivity index (χ0v) is 8.80. The summed E-state index contributed by atoms with van der Waals surface area (Å²) in [4.78, 5) is 11.8. The lowest BCUT2D eigenvalue weighted by molar-refractivity contribution is 0.102. The monoisotopic (exact) mass is 217 g/mol.